The zero-order chi connectivity index (χ0) is 17.2. The van der Waals surface area contributed by atoms with E-state index in [0.29, 0.717) is 12.0 Å². The molecule has 0 atom stereocenters. The molecule has 0 saturated heterocycles. The third kappa shape index (κ3) is 4.07. The van der Waals surface area contributed by atoms with Crippen molar-refractivity contribution in [3.8, 4) is 23.0 Å². The Kier molecular flexibility index (Phi) is 4.69. The van der Waals surface area contributed by atoms with Gasteiger partial charge in [0.15, 0.2) is 0 Å². The van der Waals surface area contributed by atoms with Crippen LogP contribution in [0.25, 0.3) is 11.1 Å². The average Bonchev–Trinajstić information content (AvgIpc) is 2.44. The Labute approximate surface area is 128 Å². The van der Waals surface area contributed by atoms with Crippen LogP contribution in [0.5, 0.6) is 0 Å². The third-order valence-electron chi connectivity index (χ3n) is 3.12. The van der Waals surface area contributed by atoms with Crippen LogP contribution in [-0.2, 0) is 6.42 Å². The maximum absolute atomic E-state index is 14.0. The SMILES string of the molecule is CCc1ccc(-c2cc(F)c(C#CC(F)(F)F)c(F)c2)c(F)c1. The highest BCUT2D eigenvalue weighted by Crippen LogP contribution is 2.27. The van der Waals surface area contributed by atoms with Crippen molar-refractivity contribution in [3.63, 3.8) is 0 Å². The molecule has 0 radical (unpaired) electrons. The lowest BCUT2D eigenvalue weighted by atomic mass is 10.0. The molecule has 0 aliphatic rings. The molecule has 0 saturated carbocycles. The van der Waals surface area contributed by atoms with Crippen molar-refractivity contribution in [1.82, 2.24) is 0 Å². The van der Waals surface area contributed by atoms with Crippen LogP contribution >= 0.6 is 0 Å². The zero-order valence-electron chi connectivity index (χ0n) is 11.9. The second-order valence-electron chi connectivity index (χ2n) is 4.73. The van der Waals surface area contributed by atoms with E-state index in [1.807, 2.05) is 6.92 Å². The van der Waals surface area contributed by atoms with Gasteiger partial charge in [-0.25, -0.2) is 13.2 Å². The van der Waals surface area contributed by atoms with Crippen molar-refractivity contribution in [3.05, 3.63) is 58.9 Å². The monoisotopic (exact) mass is 328 g/mol. The Balaban J connectivity index is 2.50. The minimum absolute atomic E-state index is 0.0460. The van der Waals surface area contributed by atoms with Gasteiger partial charge in [0.1, 0.15) is 17.5 Å². The quantitative estimate of drug-likeness (QED) is 0.522. The summed E-state index contributed by atoms with van der Waals surface area (Å²) in [6.45, 7) is 1.82. The normalized spacial score (nSPS) is 11.1. The molecule has 6 heteroatoms. The lowest BCUT2D eigenvalue weighted by Gasteiger charge is -2.07. The van der Waals surface area contributed by atoms with Crippen LogP contribution < -0.4 is 0 Å². The van der Waals surface area contributed by atoms with Crippen LogP contribution in [0, 0.1) is 29.3 Å². The predicted octanol–water partition coefficient (Wildman–Crippen LogP) is 5.25. The molecular weight excluding hydrogens is 318 g/mol. The van der Waals surface area contributed by atoms with Gasteiger partial charge in [0.2, 0.25) is 0 Å². The number of rotatable bonds is 2. The molecule has 0 aliphatic heterocycles. The summed E-state index contributed by atoms with van der Waals surface area (Å²) in [5.41, 5.74) is -0.454. The molecule has 0 bridgehead atoms. The van der Waals surface area contributed by atoms with Gasteiger partial charge in [0, 0.05) is 11.5 Å². The van der Waals surface area contributed by atoms with Gasteiger partial charge in [-0.1, -0.05) is 25.0 Å². The van der Waals surface area contributed by atoms with Crippen LogP contribution in [0.1, 0.15) is 18.1 Å². The third-order valence-corrected chi connectivity index (χ3v) is 3.12. The molecule has 0 aromatic heterocycles. The smallest absolute Gasteiger partial charge is 0.206 e. The van der Waals surface area contributed by atoms with Crippen molar-refractivity contribution in [1.29, 1.82) is 0 Å². The maximum atomic E-state index is 14.0. The van der Waals surface area contributed by atoms with Gasteiger partial charge in [0.25, 0.3) is 0 Å². The Morgan fingerprint density at radius 1 is 0.913 bits per heavy atom. The van der Waals surface area contributed by atoms with E-state index in [2.05, 4.69) is 0 Å². The maximum Gasteiger partial charge on any atom is 0.458 e. The molecule has 0 heterocycles. The van der Waals surface area contributed by atoms with E-state index in [1.165, 1.54) is 18.1 Å². The van der Waals surface area contributed by atoms with E-state index in [9.17, 15) is 26.3 Å². The molecule has 120 valence electrons. The molecular formula is C17H10F6. The fraction of sp³-hybridized carbons (Fsp3) is 0.176. The van der Waals surface area contributed by atoms with Gasteiger partial charge in [0.05, 0.1) is 5.56 Å². The summed E-state index contributed by atoms with van der Waals surface area (Å²) in [5, 5.41) is 0. The second-order valence-corrected chi connectivity index (χ2v) is 4.73. The Morgan fingerprint density at radius 2 is 1.52 bits per heavy atom. The Bertz CT molecular complexity index is 770. The topological polar surface area (TPSA) is 0 Å². The highest BCUT2D eigenvalue weighted by atomic mass is 19.4. The Hall–Kier alpha value is -2.42. The lowest BCUT2D eigenvalue weighted by Crippen LogP contribution is -2.02. The molecule has 2 aromatic rings. The minimum Gasteiger partial charge on any atom is -0.206 e. The van der Waals surface area contributed by atoms with Crippen LogP contribution in [-0.4, -0.2) is 6.18 Å². The molecule has 0 fully saturated rings. The number of alkyl halides is 3. The first-order valence-corrected chi connectivity index (χ1v) is 6.59. The number of hydrogen-bond acceptors (Lipinski definition) is 0. The van der Waals surface area contributed by atoms with Crippen LogP contribution in [0.2, 0.25) is 0 Å². The fourth-order valence-corrected chi connectivity index (χ4v) is 1.99. The first-order valence-electron chi connectivity index (χ1n) is 6.59. The lowest BCUT2D eigenvalue weighted by molar-refractivity contribution is -0.0696. The molecule has 2 rings (SSSR count). The van der Waals surface area contributed by atoms with Crippen LogP contribution in [0.4, 0.5) is 26.3 Å². The van der Waals surface area contributed by atoms with Gasteiger partial charge in [-0.2, -0.15) is 13.2 Å². The molecule has 2 aromatic carbocycles. The van der Waals surface area contributed by atoms with Gasteiger partial charge in [-0.15, -0.1) is 0 Å². The van der Waals surface area contributed by atoms with Crippen molar-refractivity contribution >= 4 is 0 Å². The Morgan fingerprint density at radius 3 is 2.00 bits per heavy atom. The van der Waals surface area contributed by atoms with Crippen LogP contribution in [0.3, 0.4) is 0 Å². The molecule has 0 amide bonds. The van der Waals surface area contributed by atoms with E-state index in [0.717, 1.165) is 18.1 Å². The molecule has 0 N–H and O–H groups in total. The van der Waals surface area contributed by atoms with Gasteiger partial charge >= 0.3 is 6.18 Å². The van der Waals surface area contributed by atoms with Gasteiger partial charge in [-0.05, 0) is 35.7 Å². The van der Waals surface area contributed by atoms with Crippen molar-refractivity contribution in [2.24, 2.45) is 0 Å². The number of benzene rings is 2. The van der Waals surface area contributed by atoms with Gasteiger partial charge in [-0.3, -0.25) is 0 Å². The summed E-state index contributed by atoms with van der Waals surface area (Å²) >= 11 is 0. The van der Waals surface area contributed by atoms with Gasteiger partial charge < -0.3 is 0 Å². The molecule has 23 heavy (non-hydrogen) atoms. The number of aryl methyl sites for hydroxylation is 1. The summed E-state index contributed by atoms with van der Waals surface area (Å²) in [6, 6.07) is 5.72. The largest absolute Gasteiger partial charge is 0.458 e. The zero-order valence-corrected chi connectivity index (χ0v) is 11.9. The summed E-state index contributed by atoms with van der Waals surface area (Å²) in [5.74, 6) is -1.02. The molecule has 0 spiro atoms. The van der Waals surface area contributed by atoms with Crippen molar-refractivity contribution < 1.29 is 26.3 Å². The van der Waals surface area contributed by atoms with E-state index in [1.54, 1.807) is 6.07 Å². The second kappa shape index (κ2) is 6.37. The summed E-state index contributed by atoms with van der Waals surface area (Å²) < 4.78 is 77.6. The molecule has 0 unspecified atom stereocenters. The minimum atomic E-state index is -4.86. The van der Waals surface area contributed by atoms with E-state index >= 15 is 0 Å². The van der Waals surface area contributed by atoms with Crippen molar-refractivity contribution in [2.45, 2.75) is 19.5 Å². The highest BCUT2D eigenvalue weighted by Gasteiger charge is 2.23. The summed E-state index contributed by atoms with van der Waals surface area (Å²) in [7, 11) is 0. The first-order chi connectivity index (χ1) is 10.7. The standard InChI is InChI=1S/C17H10F6/c1-2-10-3-4-12(14(18)7-10)11-8-15(19)13(16(20)9-11)5-6-17(21,22)23/h3-4,7-9H,2H2,1H3. The first kappa shape index (κ1) is 16.9. The van der Waals surface area contributed by atoms with E-state index in [-0.39, 0.29) is 11.1 Å². The molecule has 0 nitrogen and oxygen atoms in total. The summed E-state index contributed by atoms with van der Waals surface area (Å²) in [6.07, 6.45) is -4.27. The predicted molar refractivity (Wildman–Crippen MR) is 74.1 cm³/mol. The van der Waals surface area contributed by atoms with Crippen LogP contribution in [0.15, 0.2) is 30.3 Å². The van der Waals surface area contributed by atoms with E-state index < -0.39 is 29.2 Å². The number of halogens is 6. The number of hydrogen-bond donors (Lipinski definition) is 0. The van der Waals surface area contributed by atoms with E-state index in [4.69, 9.17) is 0 Å². The molecule has 0 aliphatic carbocycles. The highest BCUT2D eigenvalue weighted by molar-refractivity contribution is 5.66. The summed E-state index contributed by atoms with van der Waals surface area (Å²) in [4.78, 5) is 0. The average molecular weight is 328 g/mol. The van der Waals surface area contributed by atoms with Crippen molar-refractivity contribution in [2.75, 3.05) is 0 Å². The fourth-order valence-electron chi connectivity index (χ4n) is 1.99.